The van der Waals surface area contributed by atoms with E-state index in [9.17, 15) is 0 Å². The van der Waals surface area contributed by atoms with Gasteiger partial charge in [-0.1, -0.05) is 27.2 Å². The number of nitrogens with one attached hydrogen (secondary N) is 1. The molecule has 0 spiro atoms. The van der Waals surface area contributed by atoms with Crippen LogP contribution >= 0.6 is 11.3 Å². The minimum atomic E-state index is 0.763. The molecule has 80 valence electrons. The molecule has 0 aliphatic heterocycles. The quantitative estimate of drug-likeness (QED) is 0.784. The number of hydrogen-bond donors (Lipinski definition) is 1. The summed E-state index contributed by atoms with van der Waals surface area (Å²) in [6.07, 6.45) is 2.29. The zero-order chi connectivity index (χ0) is 10.4. The maximum absolute atomic E-state index is 4.51. The Kier molecular flexibility index (Phi) is 5.12. The lowest BCUT2D eigenvalue weighted by Gasteiger charge is -2.08. The van der Waals surface area contributed by atoms with Crippen molar-refractivity contribution in [2.24, 2.45) is 5.92 Å². The second-order valence-electron chi connectivity index (χ2n) is 3.73. The molecular weight excluding hydrogens is 192 g/mol. The summed E-state index contributed by atoms with van der Waals surface area (Å²) in [7, 11) is 0. The van der Waals surface area contributed by atoms with Crippen molar-refractivity contribution in [3.05, 3.63) is 16.1 Å². The van der Waals surface area contributed by atoms with Crippen molar-refractivity contribution in [1.29, 1.82) is 0 Å². The topological polar surface area (TPSA) is 24.9 Å². The summed E-state index contributed by atoms with van der Waals surface area (Å²) in [5.74, 6) is 0.763. The molecule has 0 radical (unpaired) electrons. The Morgan fingerprint density at radius 3 is 2.86 bits per heavy atom. The number of aryl methyl sites for hydroxylation is 1. The predicted octanol–water partition coefficient (Wildman–Crippen LogP) is 2.84. The minimum Gasteiger partial charge on any atom is -0.311 e. The highest BCUT2D eigenvalue weighted by molar-refractivity contribution is 7.09. The molecule has 0 saturated heterocycles. The van der Waals surface area contributed by atoms with E-state index in [0.29, 0.717) is 0 Å². The minimum absolute atomic E-state index is 0.763. The first-order chi connectivity index (χ1) is 6.76. The van der Waals surface area contributed by atoms with Crippen LogP contribution < -0.4 is 5.32 Å². The van der Waals surface area contributed by atoms with Crippen LogP contribution in [-0.2, 0) is 13.0 Å². The second-order valence-corrected chi connectivity index (χ2v) is 4.67. The molecule has 0 amide bonds. The number of rotatable bonds is 6. The van der Waals surface area contributed by atoms with Gasteiger partial charge in [0.15, 0.2) is 0 Å². The molecule has 0 bridgehead atoms. The van der Waals surface area contributed by atoms with Crippen molar-refractivity contribution in [2.45, 2.75) is 40.2 Å². The lowest BCUT2D eigenvalue weighted by molar-refractivity contribution is 0.497. The van der Waals surface area contributed by atoms with Crippen LogP contribution in [0.25, 0.3) is 0 Å². The zero-order valence-electron chi connectivity index (χ0n) is 9.34. The van der Waals surface area contributed by atoms with Gasteiger partial charge in [-0.3, -0.25) is 0 Å². The number of aromatic nitrogens is 1. The van der Waals surface area contributed by atoms with Crippen LogP contribution in [0.2, 0.25) is 0 Å². The van der Waals surface area contributed by atoms with E-state index in [2.05, 4.69) is 36.5 Å². The molecule has 14 heavy (non-hydrogen) atoms. The van der Waals surface area contributed by atoms with Gasteiger partial charge >= 0.3 is 0 Å². The fourth-order valence-corrected chi connectivity index (χ4v) is 1.93. The third-order valence-electron chi connectivity index (χ3n) is 2.40. The Labute approximate surface area is 90.8 Å². The molecule has 3 heteroatoms. The summed E-state index contributed by atoms with van der Waals surface area (Å²) < 4.78 is 0. The molecular formula is C11H20N2S. The van der Waals surface area contributed by atoms with E-state index in [-0.39, 0.29) is 0 Å². The molecule has 0 aromatic carbocycles. The van der Waals surface area contributed by atoms with E-state index in [4.69, 9.17) is 0 Å². The van der Waals surface area contributed by atoms with E-state index in [0.717, 1.165) is 25.4 Å². The van der Waals surface area contributed by atoms with Crippen molar-refractivity contribution in [3.63, 3.8) is 0 Å². The Bertz CT molecular complexity index is 258. The third-order valence-corrected chi connectivity index (χ3v) is 3.44. The van der Waals surface area contributed by atoms with Gasteiger partial charge in [0.2, 0.25) is 0 Å². The highest BCUT2D eigenvalue weighted by atomic mass is 32.1. The van der Waals surface area contributed by atoms with Gasteiger partial charge in [-0.15, -0.1) is 11.3 Å². The van der Waals surface area contributed by atoms with Gasteiger partial charge in [0.25, 0.3) is 0 Å². The van der Waals surface area contributed by atoms with Crippen LogP contribution in [-0.4, -0.2) is 11.5 Å². The fourth-order valence-electron chi connectivity index (χ4n) is 1.18. The van der Waals surface area contributed by atoms with Crippen molar-refractivity contribution < 1.29 is 0 Å². The summed E-state index contributed by atoms with van der Waals surface area (Å²) in [5.41, 5.74) is 1.19. The molecule has 1 aromatic heterocycles. The van der Waals surface area contributed by atoms with Gasteiger partial charge in [-0.05, 0) is 18.9 Å². The molecule has 1 atom stereocenters. The Morgan fingerprint density at radius 2 is 2.29 bits per heavy atom. The van der Waals surface area contributed by atoms with Crippen LogP contribution in [0.15, 0.2) is 5.38 Å². The van der Waals surface area contributed by atoms with Crippen molar-refractivity contribution in [3.8, 4) is 0 Å². The van der Waals surface area contributed by atoms with Crippen LogP contribution in [0.1, 0.15) is 37.9 Å². The molecule has 0 aliphatic rings. The first kappa shape index (κ1) is 11.7. The highest BCUT2D eigenvalue weighted by Crippen LogP contribution is 2.09. The van der Waals surface area contributed by atoms with Gasteiger partial charge in [0.1, 0.15) is 0 Å². The van der Waals surface area contributed by atoms with E-state index in [1.54, 1.807) is 11.3 Å². The standard InChI is InChI=1S/C11H20N2S/c1-4-9(3)6-12-7-10-8-14-11(5-2)13-10/h8-9,12H,4-7H2,1-3H3. The monoisotopic (exact) mass is 212 g/mol. The fraction of sp³-hybridized carbons (Fsp3) is 0.727. The first-order valence-corrected chi connectivity index (χ1v) is 6.28. The SMILES string of the molecule is CCc1nc(CNCC(C)CC)cs1. The Morgan fingerprint density at radius 1 is 1.50 bits per heavy atom. The number of thiazole rings is 1. The first-order valence-electron chi connectivity index (χ1n) is 5.40. The predicted molar refractivity (Wildman–Crippen MR) is 62.7 cm³/mol. The van der Waals surface area contributed by atoms with E-state index < -0.39 is 0 Å². The van der Waals surface area contributed by atoms with Crippen LogP contribution in [0, 0.1) is 5.92 Å². The number of hydrogen-bond acceptors (Lipinski definition) is 3. The van der Waals surface area contributed by atoms with Crippen molar-refractivity contribution >= 4 is 11.3 Å². The van der Waals surface area contributed by atoms with Gasteiger partial charge in [0, 0.05) is 11.9 Å². The van der Waals surface area contributed by atoms with Gasteiger partial charge in [-0.2, -0.15) is 0 Å². The smallest absolute Gasteiger partial charge is 0.0926 e. The summed E-state index contributed by atoms with van der Waals surface area (Å²) >= 11 is 1.76. The Balaban J connectivity index is 2.24. The Hall–Kier alpha value is -0.410. The van der Waals surface area contributed by atoms with Crippen molar-refractivity contribution in [1.82, 2.24) is 10.3 Å². The number of nitrogens with zero attached hydrogens (tertiary/aromatic N) is 1. The molecule has 0 saturated carbocycles. The molecule has 1 rings (SSSR count). The summed E-state index contributed by atoms with van der Waals surface area (Å²) in [6, 6.07) is 0. The zero-order valence-corrected chi connectivity index (χ0v) is 10.2. The largest absolute Gasteiger partial charge is 0.311 e. The molecule has 1 unspecified atom stereocenters. The molecule has 1 heterocycles. The average molecular weight is 212 g/mol. The molecule has 2 nitrogen and oxygen atoms in total. The van der Waals surface area contributed by atoms with Crippen molar-refractivity contribution in [2.75, 3.05) is 6.54 Å². The second kappa shape index (κ2) is 6.14. The average Bonchev–Trinajstić information content (AvgIpc) is 2.65. The normalized spacial score (nSPS) is 13.1. The van der Waals surface area contributed by atoms with E-state index in [1.807, 2.05) is 0 Å². The molecule has 0 fully saturated rings. The van der Waals surface area contributed by atoms with E-state index >= 15 is 0 Å². The highest BCUT2D eigenvalue weighted by Gasteiger charge is 2.01. The van der Waals surface area contributed by atoms with E-state index in [1.165, 1.54) is 17.1 Å². The van der Waals surface area contributed by atoms with Crippen LogP contribution in [0.3, 0.4) is 0 Å². The van der Waals surface area contributed by atoms with Gasteiger partial charge in [0.05, 0.1) is 10.7 Å². The van der Waals surface area contributed by atoms with Gasteiger partial charge < -0.3 is 5.32 Å². The molecule has 1 aromatic rings. The van der Waals surface area contributed by atoms with Gasteiger partial charge in [-0.25, -0.2) is 4.98 Å². The maximum Gasteiger partial charge on any atom is 0.0926 e. The maximum atomic E-state index is 4.51. The lowest BCUT2D eigenvalue weighted by atomic mass is 10.1. The third kappa shape index (κ3) is 3.76. The lowest BCUT2D eigenvalue weighted by Crippen LogP contribution is -2.20. The van der Waals surface area contributed by atoms with Crippen LogP contribution in [0.5, 0.6) is 0 Å². The summed E-state index contributed by atoms with van der Waals surface area (Å²) in [4.78, 5) is 4.51. The van der Waals surface area contributed by atoms with Crippen LogP contribution in [0.4, 0.5) is 0 Å². The summed E-state index contributed by atoms with van der Waals surface area (Å²) in [6.45, 7) is 8.65. The molecule has 1 N–H and O–H groups in total. The summed E-state index contributed by atoms with van der Waals surface area (Å²) in [5, 5.41) is 6.83. The molecule has 0 aliphatic carbocycles.